The molecule has 0 radical (unpaired) electrons. The summed E-state index contributed by atoms with van der Waals surface area (Å²) in [4.78, 5) is 0. The number of allylic oxidation sites excluding steroid dienone is 4. The molecule has 1 aliphatic carbocycles. The highest BCUT2D eigenvalue weighted by Gasteiger charge is 2.27. The standard InChI is InChI=1S/C19H32/c1-7-17(14(2)3)13-16(6)19(15(4)5)18-11-9-8-10-12-18/h7,13-14,16,18-19H,1,4,8-12H2,2-3,5-6H3/b17-13+. The Morgan fingerprint density at radius 1 is 1.11 bits per heavy atom. The lowest BCUT2D eigenvalue weighted by molar-refractivity contribution is 0.241. The SMILES string of the molecule is C=C/C(=C\C(C)C(C(=C)C)C1CCCCC1)C(C)C. The Kier molecular flexibility index (Phi) is 6.62. The van der Waals surface area contributed by atoms with Crippen molar-refractivity contribution in [2.75, 3.05) is 0 Å². The topological polar surface area (TPSA) is 0 Å². The summed E-state index contributed by atoms with van der Waals surface area (Å²) in [6, 6.07) is 0. The Morgan fingerprint density at radius 3 is 2.11 bits per heavy atom. The normalized spacial score (nSPS) is 21.2. The third-order valence-corrected chi connectivity index (χ3v) is 4.65. The van der Waals surface area contributed by atoms with E-state index in [1.165, 1.54) is 43.3 Å². The van der Waals surface area contributed by atoms with Crippen molar-refractivity contribution in [3.8, 4) is 0 Å². The average molecular weight is 260 g/mol. The van der Waals surface area contributed by atoms with E-state index in [1.807, 2.05) is 6.08 Å². The first-order valence-corrected chi connectivity index (χ1v) is 7.97. The highest BCUT2D eigenvalue weighted by Crippen LogP contribution is 2.38. The maximum atomic E-state index is 4.27. The van der Waals surface area contributed by atoms with Crippen LogP contribution in [0.2, 0.25) is 0 Å². The molecule has 0 bridgehead atoms. The van der Waals surface area contributed by atoms with E-state index < -0.39 is 0 Å². The van der Waals surface area contributed by atoms with Crippen molar-refractivity contribution in [2.24, 2.45) is 23.7 Å². The van der Waals surface area contributed by atoms with Gasteiger partial charge in [-0.25, -0.2) is 0 Å². The molecule has 1 fully saturated rings. The molecule has 0 saturated heterocycles. The summed E-state index contributed by atoms with van der Waals surface area (Å²) in [6.45, 7) is 17.3. The van der Waals surface area contributed by atoms with Crippen LogP contribution in [0, 0.1) is 23.7 Å². The highest BCUT2D eigenvalue weighted by molar-refractivity contribution is 5.21. The molecule has 0 N–H and O–H groups in total. The van der Waals surface area contributed by atoms with Gasteiger partial charge >= 0.3 is 0 Å². The van der Waals surface area contributed by atoms with Gasteiger partial charge in [-0.1, -0.05) is 70.9 Å². The summed E-state index contributed by atoms with van der Waals surface area (Å²) >= 11 is 0. The summed E-state index contributed by atoms with van der Waals surface area (Å²) in [7, 11) is 0. The molecule has 0 aromatic heterocycles. The van der Waals surface area contributed by atoms with Crippen LogP contribution in [0.5, 0.6) is 0 Å². The van der Waals surface area contributed by atoms with Gasteiger partial charge in [-0.15, -0.1) is 0 Å². The third kappa shape index (κ3) is 4.67. The molecule has 0 aliphatic heterocycles. The van der Waals surface area contributed by atoms with Gasteiger partial charge in [0, 0.05) is 0 Å². The molecule has 2 unspecified atom stereocenters. The van der Waals surface area contributed by atoms with Crippen LogP contribution < -0.4 is 0 Å². The van der Waals surface area contributed by atoms with Crippen LogP contribution >= 0.6 is 0 Å². The molecule has 1 rings (SSSR count). The van der Waals surface area contributed by atoms with Crippen LogP contribution in [-0.2, 0) is 0 Å². The van der Waals surface area contributed by atoms with E-state index in [4.69, 9.17) is 0 Å². The van der Waals surface area contributed by atoms with E-state index in [0.29, 0.717) is 17.8 Å². The van der Waals surface area contributed by atoms with Gasteiger partial charge in [0.25, 0.3) is 0 Å². The summed E-state index contributed by atoms with van der Waals surface area (Å²) in [6.07, 6.45) is 11.5. The zero-order chi connectivity index (χ0) is 14.4. The molecule has 1 saturated carbocycles. The highest BCUT2D eigenvalue weighted by atomic mass is 14.3. The van der Waals surface area contributed by atoms with Crippen molar-refractivity contribution in [1.82, 2.24) is 0 Å². The quantitative estimate of drug-likeness (QED) is 0.396. The van der Waals surface area contributed by atoms with E-state index in [2.05, 4.69) is 46.9 Å². The summed E-state index contributed by atoms with van der Waals surface area (Å²) in [5.74, 6) is 2.64. The molecule has 0 aromatic rings. The Hall–Kier alpha value is -0.780. The van der Waals surface area contributed by atoms with Gasteiger partial charge in [-0.3, -0.25) is 0 Å². The first-order chi connectivity index (χ1) is 8.97. The fourth-order valence-corrected chi connectivity index (χ4v) is 3.68. The average Bonchev–Trinajstić information content (AvgIpc) is 2.36. The monoisotopic (exact) mass is 260 g/mol. The molecule has 0 heterocycles. The molecule has 0 amide bonds. The van der Waals surface area contributed by atoms with Gasteiger partial charge in [0.2, 0.25) is 0 Å². The minimum atomic E-state index is 0.567. The van der Waals surface area contributed by atoms with Crippen molar-refractivity contribution < 1.29 is 0 Å². The minimum absolute atomic E-state index is 0.567. The van der Waals surface area contributed by atoms with E-state index in [-0.39, 0.29) is 0 Å². The molecule has 2 atom stereocenters. The predicted molar refractivity (Wildman–Crippen MR) is 87.2 cm³/mol. The van der Waals surface area contributed by atoms with Crippen LogP contribution in [0.15, 0.2) is 36.5 Å². The number of rotatable bonds is 6. The second kappa shape index (κ2) is 7.72. The number of hydrogen-bond acceptors (Lipinski definition) is 0. The lowest BCUT2D eigenvalue weighted by Crippen LogP contribution is -2.24. The number of hydrogen-bond donors (Lipinski definition) is 0. The zero-order valence-electron chi connectivity index (χ0n) is 13.4. The Labute approximate surface area is 120 Å². The van der Waals surface area contributed by atoms with Gasteiger partial charge in [-0.05, 0) is 49.0 Å². The first kappa shape index (κ1) is 16.3. The minimum Gasteiger partial charge on any atom is -0.0998 e. The summed E-state index contributed by atoms with van der Waals surface area (Å²) < 4.78 is 0. The van der Waals surface area contributed by atoms with Crippen LogP contribution in [0.25, 0.3) is 0 Å². The van der Waals surface area contributed by atoms with Gasteiger partial charge in [-0.2, -0.15) is 0 Å². The van der Waals surface area contributed by atoms with E-state index in [9.17, 15) is 0 Å². The Morgan fingerprint density at radius 2 is 1.68 bits per heavy atom. The molecular formula is C19H32. The third-order valence-electron chi connectivity index (χ3n) is 4.65. The maximum absolute atomic E-state index is 4.27. The van der Waals surface area contributed by atoms with Gasteiger partial charge in [0.1, 0.15) is 0 Å². The van der Waals surface area contributed by atoms with Crippen molar-refractivity contribution in [3.05, 3.63) is 36.5 Å². The summed E-state index contributed by atoms with van der Waals surface area (Å²) in [5, 5.41) is 0. The molecule has 0 spiro atoms. The van der Waals surface area contributed by atoms with E-state index >= 15 is 0 Å². The van der Waals surface area contributed by atoms with E-state index in [0.717, 1.165) is 5.92 Å². The molecule has 19 heavy (non-hydrogen) atoms. The second-order valence-electron chi connectivity index (χ2n) is 6.65. The zero-order valence-corrected chi connectivity index (χ0v) is 13.4. The van der Waals surface area contributed by atoms with Gasteiger partial charge in [0.15, 0.2) is 0 Å². The van der Waals surface area contributed by atoms with Gasteiger partial charge in [0.05, 0.1) is 0 Å². The molecule has 108 valence electrons. The molecule has 0 aromatic carbocycles. The first-order valence-electron chi connectivity index (χ1n) is 7.97. The Bertz CT molecular complexity index is 326. The van der Waals surface area contributed by atoms with E-state index in [1.54, 1.807) is 0 Å². The van der Waals surface area contributed by atoms with Crippen molar-refractivity contribution in [1.29, 1.82) is 0 Å². The molecule has 0 nitrogen and oxygen atoms in total. The van der Waals surface area contributed by atoms with Gasteiger partial charge < -0.3 is 0 Å². The lowest BCUT2D eigenvalue weighted by Gasteiger charge is -2.34. The Balaban J connectivity index is 2.85. The fourth-order valence-electron chi connectivity index (χ4n) is 3.68. The largest absolute Gasteiger partial charge is 0.0998 e. The molecular weight excluding hydrogens is 228 g/mol. The van der Waals surface area contributed by atoms with Crippen LogP contribution in [0.1, 0.15) is 59.8 Å². The second-order valence-corrected chi connectivity index (χ2v) is 6.65. The van der Waals surface area contributed by atoms with Crippen LogP contribution in [-0.4, -0.2) is 0 Å². The lowest BCUT2D eigenvalue weighted by atomic mass is 9.71. The van der Waals surface area contributed by atoms with Crippen molar-refractivity contribution >= 4 is 0 Å². The summed E-state index contributed by atoms with van der Waals surface area (Å²) in [5.41, 5.74) is 2.75. The molecule has 1 aliphatic rings. The smallest absolute Gasteiger partial charge is 0.0120 e. The van der Waals surface area contributed by atoms with Crippen LogP contribution in [0.3, 0.4) is 0 Å². The van der Waals surface area contributed by atoms with Crippen LogP contribution in [0.4, 0.5) is 0 Å². The predicted octanol–water partition coefficient (Wildman–Crippen LogP) is 6.16. The maximum Gasteiger partial charge on any atom is -0.0120 e. The van der Waals surface area contributed by atoms with Crippen molar-refractivity contribution in [3.63, 3.8) is 0 Å². The van der Waals surface area contributed by atoms with Crippen molar-refractivity contribution in [2.45, 2.75) is 59.8 Å². The molecule has 0 heteroatoms. The fraction of sp³-hybridized carbons (Fsp3) is 0.684.